The van der Waals surface area contributed by atoms with Crippen molar-refractivity contribution in [3.63, 3.8) is 0 Å². The Balaban J connectivity index is 1.32. The van der Waals surface area contributed by atoms with E-state index in [0.29, 0.717) is 35.2 Å². The van der Waals surface area contributed by atoms with Crippen molar-refractivity contribution in [3.05, 3.63) is 59.7 Å². The maximum Gasteiger partial charge on any atom is 0.264 e. The van der Waals surface area contributed by atoms with Crippen LogP contribution >= 0.6 is 0 Å². The zero-order valence-electron chi connectivity index (χ0n) is 21.8. The summed E-state index contributed by atoms with van der Waals surface area (Å²) in [6, 6.07) is 13.7. The zero-order valence-corrected chi connectivity index (χ0v) is 21.8. The van der Waals surface area contributed by atoms with Crippen LogP contribution in [-0.4, -0.2) is 58.8 Å². The van der Waals surface area contributed by atoms with Crippen LogP contribution in [0.25, 0.3) is 11.1 Å². The molecule has 2 heterocycles. The molecule has 208 valence electrons. The number of carbonyl (C=O) groups is 3. The fraction of sp³-hybridized carbons (Fsp3) is 0.467. The number of hydrogen-bond donors (Lipinski definition) is 3. The lowest BCUT2D eigenvalue weighted by molar-refractivity contribution is -0.153. The number of likely N-dealkylation sites (tertiary alicyclic amines) is 1. The monoisotopic (exact) mass is 548 g/mol. The summed E-state index contributed by atoms with van der Waals surface area (Å²) in [4.78, 5) is 41.5. The summed E-state index contributed by atoms with van der Waals surface area (Å²) < 4.78 is 29.0. The predicted molar refractivity (Wildman–Crippen MR) is 139 cm³/mol. The number of nitrogens with zero attached hydrogens (tertiary/aromatic N) is 2. The van der Waals surface area contributed by atoms with Crippen LogP contribution in [0.1, 0.15) is 43.2 Å². The molecule has 2 aromatic carbocycles. The highest BCUT2D eigenvalue weighted by molar-refractivity contribution is 6.01. The number of halogens is 2. The van der Waals surface area contributed by atoms with E-state index in [0.717, 1.165) is 6.42 Å². The van der Waals surface area contributed by atoms with Crippen LogP contribution in [0, 0.1) is 29.1 Å². The molecule has 4 aliphatic rings. The molecule has 1 saturated carbocycles. The average molecular weight is 549 g/mol. The molecule has 6 rings (SSSR count). The molecule has 5 atom stereocenters. The van der Waals surface area contributed by atoms with Crippen molar-refractivity contribution in [2.24, 2.45) is 17.8 Å². The van der Waals surface area contributed by atoms with Gasteiger partial charge in [0.15, 0.2) is 5.60 Å². The SMILES string of the molecule is N#C[C@H](C[C@H]1CCCNC1=O)NC(=O)[C@H]1[C@@H]2CC(F)(F)C[C@@H]2CN1C(=O)C1(O)c2ccccc2-c2ccccc21. The highest BCUT2D eigenvalue weighted by atomic mass is 19.3. The molecule has 2 saturated heterocycles. The fourth-order valence-electron chi connectivity index (χ4n) is 7.24. The number of nitriles is 1. The molecule has 0 unspecified atom stereocenters. The number of piperidine rings is 1. The van der Waals surface area contributed by atoms with Crippen LogP contribution in [0.4, 0.5) is 8.78 Å². The Hall–Kier alpha value is -3.84. The Morgan fingerprint density at radius 2 is 1.77 bits per heavy atom. The van der Waals surface area contributed by atoms with Gasteiger partial charge in [-0.2, -0.15) is 5.26 Å². The Morgan fingerprint density at radius 1 is 1.12 bits per heavy atom. The molecule has 10 heteroatoms. The first-order valence-corrected chi connectivity index (χ1v) is 13.7. The smallest absolute Gasteiger partial charge is 0.264 e. The molecule has 3 N–H and O–H groups in total. The van der Waals surface area contributed by atoms with Gasteiger partial charge in [0.25, 0.3) is 5.91 Å². The number of amides is 3. The lowest BCUT2D eigenvalue weighted by atomic mass is 9.88. The predicted octanol–water partition coefficient (Wildman–Crippen LogP) is 2.70. The molecule has 8 nitrogen and oxygen atoms in total. The van der Waals surface area contributed by atoms with Gasteiger partial charge in [0.1, 0.15) is 12.1 Å². The van der Waals surface area contributed by atoms with Crippen molar-refractivity contribution in [2.45, 2.75) is 55.7 Å². The van der Waals surface area contributed by atoms with Gasteiger partial charge >= 0.3 is 0 Å². The second kappa shape index (κ2) is 9.66. The first kappa shape index (κ1) is 26.4. The molecule has 2 aliphatic carbocycles. The number of benzene rings is 2. The van der Waals surface area contributed by atoms with Gasteiger partial charge in [-0.15, -0.1) is 0 Å². The highest BCUT2D eigenvalue weighted by Crippen LogP contribution is 2.53. The Kier molecular flexibility index (Phi) is 6.37. The number of aliphatic hydroxyl groups is 1. The summed E-state index contributed by atoms with van der Waals surface area (Å²) in [6.45, 7) is 0.455. The summed E-state index contributed by atoms with van der Waals surface area (Å²) in [6.07, 6.45) is 0.405. The highest BCUT2D eigenvalue weighted by Gasteiger charge is 2.61. The van der Waals surface area contributed by atoms with Crippen LogP contribution in [0.3, 0.4) is 0 Å². The van der Waals surface area contributed by atoms with Crippen LogP contribution in [0.2, 0.25) is 0 Å². The van der Waals surface area contributed by atoms with Crippen LogP contribution in [-0.2, 0) is 20.0 Å². The van der Waals surface area contributed by atoms with Crippen molar-refractivity contribution in [1.82, 2.24) is 15.5 Å². The van der Waals surface area contributed by atoms with E-state index < -0.39 is 66.0 Å². The fourth-order valence-corrected chi connectivity index (χ4v) is 7.24. The van der Waals surface area contributed by atoms with Gasteiger partial charge < -0.3 is 20.6 Å². The molecule has 3 fully saturated rings. The normalized spacial score (nSPS) is 28.1. The summed E-state index contributed by atoms with van der Waals surface area (Å²) in [5.41, 5.74) is 0.0380. The van der Waals surface area contributed by atoms with Crippen molar-refractivity contribution >= 4 is 17.7 Å². The topological polar surface area (TPSA) is 123 Å². The second-order valence-corrected chi connectivity index (χ2v) is 11.4. The lowest BCUT2D eigenvalue weighted by Gasteiger charge is -2.35. The Bertz CT molecular complexity index is 1380. The van der Waals surface area contributed by atoms with Gasteiger partial charge in [-0.25, -0.2) is 8.78 Å². The van der Waals surface area contributed by atoms with Gasteiger partial charge in [0.2, 0.25) is 17.7 Å². The van der Waals surface area contributed by atoms with Crippen LogP contribution in [0.5, 0.6) is 0 Å². The first-order chi connectivity index (χ1) is 19.1. The number of rotatable bonds is 5. The van der Waals surface area contributed by atoms with E-state index in [9.17, 15) is 33.5 Å². The number of alkyl halides is 2. The van der Waals surface area contributed by atoms with Crippen molar-refractivity contribution in [3.8, 4) is 17.2 Å². The minimum absolute atomic E-state index is 0.0870. The summed E-state index contributed by atoms with van der Waals surface area (Å²) in [5, 5.41) is 27.3. The molecule has 0 radical (unpaired) electrons. The average Bonchev–Trinajstić information content (AvgIpc) is 3.53. The third-order valence-electron chi connectivity index (χ3n) is 9.03. The molecule has 40 heavy (non-hydrogen) atoms. The van der Waals surface area contributed by atoms with Gasteiger partial charge in [-0.1, -0.05) is 48.5 Å². The maximum absolute atomic E-state index is 14.5. The van der Waals surface area contributed by atoms with Gasteiger partial charge in [-0.3, -0.25) is 14.4 Å². The molecule has 0 aromatic heterocycles. The number of fused-ring (bicyclic) bond motifs is 4. The number of carbonyl (C=O) groups excluding carboxylic acids is 3. The molecular formula is C30H30F2N4O4. The summed E-state index contributed by atoms with van der Waals surface area (Å²) in [5.74, 6) is -6.53. The second-order valence-electron chi connectivity index (χ2n) is 11.4. The van der Waals surface area contributed by atoms with Gasteiger partial charge in [0, 0.05) is 43.0 Å². The molecule has 0 spiro atoms. The lowest BCUT2D eigenvalue weighted by Crippen LogP contribution is -2.56. The van der Waals surface area contributed by atoms with E-state index >= 15 is 0 Å². The molecule has 3 amide bonds. The molecule has 2 aliphatic heterocycles. The quantitative estimate of drug-likeness (QED) is 0.531. The summed E-state index contributed by atoms with van der Waals surface area (Å²) >= 11 is 0. The largest absolute Gasteiger partial charge is 0.372 e. The van der Waals surface area contributed by atoms with E-state index in [1.807, 2.05) is 18.2 Å². The van der Waals surface area contributed by atoms with E-state index in [4.69, 9.17) is 0 Å². The molecular weight excluding hydrogens is 518 g/mol. The molecule has 2 aromatic rings. The third-order valence-corrected chi connectivity index (χ3v) is 9.03. The van der Waals surface area contributed by atoms with Crippen molar-refractivity contribution < 1.29 is 28.3 Å². The van der Waals surface area contributed by atoms with Gasteiger partial charge in [-0.05, 0) is 42.2 Å². The Labute approximate surface area is 230 Å². The first-order valence-electron chi connectivity index (χ1n) is 13.7. The van der Waals surface area contributed by atoms with E-state index in [2.05, 4.69) is 10.6 Å². The number of nitrogens with one attached hydrogen (secondary N) is 2. The van der Waals surface area contributed by atoms with Crippen LogP contribution < -0.4 is 10.6 Å². The number of hydrogen-bond acceptors (Lipinski definition) is 5. The zero-order chi connectivity index (χ0) is 28.2. The Morgan fingerprint density at radius 3 is 2.40 bits per heavy atom. The third kappa shape index (κ3) is 4.15. The van der Waals surface area contributed by atoms with Gasteiger partial charge in [0.05, 0.1) is 6.07 Å². The summed E-state index contributed by atoms with van der Waals surface area (Å²) in [7, 11) is 0. The maximum atomic E-state index is 14.5. The van der Waals surface area contributed by atoms with Crippen molar-refractivity contribution in [2.75, 3.05) is 13.1 Å². The molecule has 0 bridgehead atoms. The van der Waals surface area contributed by atoms with Crippen molar-refractivity contribution in [1.29, 1.82) is 5.26 Å². The minimum atomic E-state index is -2.97. The van der Waals surface area contributed by atoms with Crippen LogP contribution in [0.15, 0.2) is 48.5 Å². The van der Waals surface area contributed by atoms with E-state index in [1.165, 1.54) is 4.90 Å². The van der Waals surface area contributed by atoms with E-state index in [1.54, 1.807) is 36.4 Å². The minimum Gasteiger partial charge on any atom is -0.372 e. The standard InChI is InChI=1S/C30H30F2N4O4/c31-29(32)13-18-16-36(28(39)30(40)23-9-3-1-7-20(23)21-8-2-4-10-24(21)30)25(22(18)14-29)27(38)35-19(15-33)12-17-6-5-11-34-26(17)37/h1-4,7-10,17-19,22,25,40H,5-6,11-14,16H2,(H,34,37)(H,35,38)/t17-,18-,19+,22-,25-/m1/s1. The van der Waals surface area contributed by atoms with E-state index in [-0.39, 0.29) is 18.9 Å².